The minimum Gasteiger partial charge on any atom is -0.493 e. The molecule has 1 aromatic rings. The molecule has 3 rings (SSSR count). The topological polar surface area (TPSA) is 44.8 Å². The highest BCUT2D eigenvalue weighted by Crippen LogP contribution is 2.29. The van der Waals surface area contributed by atoms with Crippen molar-refractivity contribution in [3.05, 3.63) is 23.8 Å². The van der Waals surface area contributed by atoms with E-state index in [1.807, 2.05) is 6.07 Å². The Morgan fingerprint density at radius 2 is 2.32 bits per heavy atom. The predicted octanol–water partition coefficient (Wildman–Crippen LogP) is 2.60. The van der Waals surface area contributed by atoms with Gasteiger partial charge in [0.2, 0.25) is 5.78 Å². The van der Waals surface area contributed by atoms with Gasteiger partial charge >= 0.3 is 0 Å². The first-order chi connectivity index (χ1) is 9.33. The van der Waals surface area contributed by atoms with Gasteiger partial charge in [-0.2, -0.15) is 0 Å². The summed E-state index contributed by atoms with van der Waals surface area (Å²) in [6, 6.07) is 5.41. The number of rotatable bonds is 5. The Balaban J connectivity index is 1.46. The predicted molar refractivity (Wildman–Crippen MR) is 70.0 cm³/mol. The van der Waals surface area contributed by atoms with Gasteiger partial charge in [-0.05, 0) is 37.8 Å². The largest absolute Gasteiger partial charge is 0.493 e. The molecule has 1 atom stereocenters. The van der Waals surface area contributed by atoms with Crippen LogP contribution in [0.2, 0.25) is 0 Å². The normalized spacial score (nSPS) is 21.3. The molecule has 1 saturated heterocycles. The van der Waals surface area contributed by atoms with Crippen LogP contribution in [0.15, 0.2) is 18.2 Å². The number of ether oxygens (including phenoxy) is 3. The van der Waals surface area contributed by atoms with Crippen molar-refractivity contribution in [2.75, 3.05) is 19.8 Å². The molecule has 0 spiro atoms. The van der Waals surface area contributed by atoms with Gasteiger partial charge in [-0.3, -0.25) is 4.79 Å². The summed E-state index contributed by atoms with van der Waals surface area (Å²) in [4.78, 5) is 11.4. The van der Waals surface area contributed by atoms with Crippen molar-refractivity contribution in [2.45, 2.75) is 31.8 Å². The highest BCUT2D eigenvalue weighted by atomic mass is 16.5. The van der Waals surface area contributed by atoms with Crippen LogP contribution in [0.25, 0.3) is 0 Å². The Labute approximate surface area is 112 Å². The van der Waals surface area contributed by atoms with E-state index in [0.29, 0.717) is 24.0 Å². The molecule has 0 aromatic heterocycles. The summed E-state index contributed by atoms with van der Waals surface area (Å²) in [6.07, 6.45) is 4.82. The highest BCUT2D eigenvalue weighted by Gasteiger charge is 2.21. The Morgan fingerprint density at radius 1 is 1.37 bits per heavy atom. The first-order valence-corrected chi connectivity index (χ1v) is 6.87. The van der Waals surface area contributed by atoms with Gasteiger partial charge in [0.05, 0.1) is 18.3 Å². The van der Waals surface area contributed by atoms with Crippen molar-refractivity contribution in [2.24, 2.45) is 0 Å². The summed E-state index contributed by atoms with van der Waals surface area (Å²) in [5.41, 5.74) is 0.659. The molecule has 4 heteroatoms. The minimum absolute atomic E-state index is 0.0416. The second-order valence-corrected chi connectivity index (χ2v) is 5.00. The summed E-state index contributed by atoms with van der Waals surface area (Å²) in [6.45, 7) is 1.73. The molecular formula is C15H18O4. The SMILES string of the molecule is O=C1COc2cc(OCCCC3CCCO3)ccc21. The Hall–Kier alpha value is -1.55. The summed E-state index contributed by atoms with van der Waals surface area (Å²) >= 11 is 0. The van der Waals surface area contributed by atoms with Gasteiger partial charge in [0.15, 0.2) is 6.61 Å². The molecular weight excluding hydrogens is 244 g/mol. The van der Waals surface area contributed by atoms with E-state index in [1.165, 1.54) is 12.8 Å². The van der Waals surface area contributed by atoms with Crippen molar-refractivity contribution in [3.63, 3.8) is 0 Å². The van der Waals surface area contributed by atoms with Crippen LogP contribution in [-0.2, 0) is 4.74 Å². The maximum Gasteiger partial charge on any atom is 0.203 e. The van der Waals surface area contributed by atoms with E-state index in [4.69, 9.17) is 14.2 Å². The number of Topliss-reactive ketones (excluding diaryl/α,β-unsaturated/α-hetero) is 1. The third kappa shape index (κ3) is 2.89. The second kappa shape index (κ2) is 5.61. The van der Waals surface area contributed by atoms with Gasteiger partial charge in [-0.1, -0.05) is 0 Å². The van der Waals surface area contributed by atoms with Gasteiger partial charge in [-0.25, -0.2) is 0 Å². The Morgan fingerprint density at radius 3 is 3.16 bits per heavy atom. The van der Waals surface area contributed by atoms with Gasteiger partial charge in [0.25, 0.3) is 0 Å². The van der Waals surface area contributed by atoms with E-state index >= 15 is 0 Å². The van der Waals surface area contributed by atoms with E-state index in [9.17, 15) is 4.79 Å². The Bertz CT molecular complexity index is 463. The number of ketones is 1. The van der Waals surface area contributed by atoms with E-state index < -0.39 is 0 Å². The zero-order valence-corrected chi connectivity index (χ0v) is 10.9. The van der Waals surface area contributed by atoms with Crippen molar-refractivity contribution >= 4 is 5.78 Å². The average Bonchev–Trinajstić information content (AvgIpc) is 3.05. The minimum atomic E-state index is 0.0416. The molecule has 0 aliphatic carbocycles. The fourth-order valence-electron chi connectivity index (χ4n) is 2.54. The van der Waals surface area contributed by atoms with Crippen LogP contribution in [-0.4, -0.2) is 31.7 Å². The first-order valence-electron chi connectivity index (χ1n) is 6.87. The Kier molecular flexibility index (Phi) is 3.69. The fourth-order valence-corrected chi connectivity index (χ4v) is 2.54. The highest BCUT2D eigenvalue weighted by molar-refractivity contribution is 6.02. The van der Waals surface area contributed by atoms with E-state index in [-0.39, 0.29) is 12.4 Å². The molecule has 4 nitrogen and oxygen atoms in total. The molecule has 1 fully saturated rings. The third-order valence-electron chi connectivity index (χ3n) is 3.58. The molecule has 102 valence electrons. The lowest BCUT2D eigenvalue weighted by atomic mass is 10.1. The standard InChI is InChI=1S/C15H18O4/c16-14-10-19-15-9-12(5-6-13(14)15)18-8-2-4-11-3-1-7-17-11/h5-6,9,11H,1-4,7-8,10H2. The molecule has 0 saturated carbocycles. The zero-order valence-electron chi connectivity index (χ0n) is 10.9. The van der Waals surface area contributed by atoms with Crippen LogP contribution in [0.3, 0.4) is 0 Å². The van der Waals surface area contributed by atoms with Crippen molar-refractivity contribution in [1.29, 1.82) is 0 Å². The fraction of sp³-hybridized carbons (Fsp3) is 0.533. The molecule has 19 heavy (non-hydrogen) atoms. The molecule has 0 bridgehead atoms. The average molecular weight is 262 g/mol. The van der Waals surface area contributed by atoms with E-state index in [0.717, 1.165) is 25.2 Å². The lowest BCUT2D eigenvalue weighted by Gasteiger charge is -2.10. The maximum absolute atomic E-state index is 11.4. The lowest BCUT2D eigenvalue weighted by molar-refractivity contribution is 0.0961. The number of benzene rings is 1. The molecule has 0 N–H and O–H groups in total. The quantitative estimate of drug-likeness (QED) is 0.765. The molecule has 1 aromatic carbocycles. The lowest BCUT2D eigenvalue weighted by Crippen LogP contribution is -2.07. The maximum atomic E-state index is 11.4. The molecule has 2 aliphatic rings. The van der Waals surface area contributed by atoms with Crippen LogP contribution >= 0.6 is 0 Å². The second-order valence-electron chi connectivity index (χ2n) is 5.00. The monoisotopic (exact) mass is 262 g/mol. The first kappa shape index (κ1) is 12.5. The third-order valence-corrected chi connectivity index (χ3v) is 3.58. The van der Waals surface area contributed by atoms with Gasteiger partial charge in [0.1, 0.15) is 11.5 Å². The van der Waals surface area contributed by atoms with Crippen LogP contribution in [0.1, 0.15) is 36.0 Å². The van der Waals surface area contributed by atoms with Crippen LogP contribution in [0, 0.1) is 0 Å². The summed E-state index contributed by atoms with van der Waals surface area (Å²) in [7, 11) is 0. The number of fused-ring (bicyclic) bond motifs is 1. The van der Waals surface area contributed by atoms with Crippen LogP contribution in [0.5, 0.6) is 11.5 Å². The van der Waals surface area contributed by atoms with E-state index in [2.05, 4.69) is 0 Å². The van der Waals surface area contributed by atoms with Crippen molar-refractivity contribution < 1.29 is 19.0 Å². The number of hydrogen-bond acceptors (Lipinski definition) is 4. The van der Waals surface area contributed by atoms with Crippen LogP contribution in [0.4, 0.5) is 0 Å². The van der Waals surface area contributed by atoms with Crippen molar-refractivity contribution in [3.8, 4) is 11.5 Å². The van der Waals surface area contributed by atoms with Crippen LogP contribution < -0.4 is 9.47 Å². The van der Waals surface area contributed by atoms with Gasteiger partial charge in [0, 0.05) is 12.7 Å². The summed E-state index contributed by atoms with van der Waals surface area (Å²) < 4.78 is 16.5. The molecule has 0 radical (unpaired) electrons. The summed E-state index contributed by atoms with van der Waals surface area (Å²) in [5.74, 6) is 1.45. The number of hydrogen-bond donors (Lipinski definition) is 0. The summed E-state index contributed by atoms with van der Waals surface area (Å²) in [5, 5.41) is 0. The van der Waals surface area contributed by atoms with Gasteiger partial charge < -0.3 is 14.2 Å². The molecule has 2 aliphatic heterocycles. The number of carbonyl (C=O) groups excluding carboxylic acids is 1. The smallest absolute Gasteiger partial charge is 0.203 e. The zero-order chi connectivity index (χ0) is 13.1. The van der Waals surface area contributed by atoms with E-state index in [1.54, 1.807) is 12.1 Å². The number of carbonyl (C=O) groups is 1. The molecule has 0 amide bonds. The van der Waals surface area contributed by atoms with Crippen molar-refractivity contribution in [1.82, 2.24) is 0 Å². The molecule has 1 unspecified atom stereocenters. The molecule has 2 heterocycles. The van der Waals surface area contributed by atoms with Gasteiger partial charge in [-0.15, -0.1) is 0 Å².